The van der Waals surface area contributed by atoms with Gasteiger partial charge >= 0.3 is 2.85 Å². The van der Waals surface area contributed by atoms with Crippen LogP contribution in [0, 0.1) is 11.5 Å². The lowest BCUT2D eigenvalue weighted by molar-refractivity contribution is 1.23. The summed E-state index contributed by atoms with van der Waals surface area (Å²) in [5, 5.41) is 12.0. The zero-order valence-electron chi connectivity index (χ0n) is 4.29. The lowest BCUT2D eigenvalue weighted by Gasteiger charge is -1.94. The monoisotopic (exact) mass is 70.0 g/mol. The second kappa shape index (κ2) is 2.89. The van der Waals surface area contributed by atoms with Gasteiger partial charge in [-0.15, -0.1) is 0 Å². The summed E-state index contributed by atoms with van der Waals surface area (Å²) in [5.41, 5.74) is 0. The summed E-state index contributed by atoms with van der Waals surface area (Å²) in [6.07, 6.45) is 1.23. The Hall–Kier alpha value is -1.11. The van der Waals surface area contributed by atoms with E-state index in [1.165, 1.54) is 6.19 Å². The molecule has 0 saturated carbocycles. The van der Waals surface area contributed by atoms with E-state index in [2.05, 4.69) is 10.3 Å². The summed E-state index contributed by atoms with van der Waals surface area (Å²) < 4.78 is 0. The summed E-state index contributed by atoms with van der Waals surface area (Å²) in [7, 11) is 0. The van der Waals surface area contributed by atoms with Gasteiger partial charge in [0, 0.05) is 0 Å². The molecule has 0 fully saturated rings. The van der Waals surface area contributed by atoms with E-state index in [1.807, 2.05) is 0 Å². The molecule has 0 heterocycles. The molecule has 0 aromatic carbocycles. The summed E-state index contributed by atoms with van der Waals surface area (Å²) >= 11 is 0. The average molecular weight is 70.1 g/mol. The highest BCUT2D eigenvalue weighted by atomic mass is 15.3. The molecule has 0 aliphatic carbocycles. The fourth-order valence-electron chi connectivity index (χ4n) is 0.0200. The molecule has 0 radical (unpaired) electrons. The molecule has 0 N–H and O–H groups in total. The van der Waals surface area contributed by atoms with Gasteiger partial charge < -0.3 is 16.2 Å². The zero-order valence-corrected chi connectivity index (χ0v) is 2.29. The second-order valence-corrected chi connectivity index (χ2v) is 0.289. The highest BCUT2D eigenvalue weighted by Gasteiger charge is 1.10. The van der Waals surface area contributed by atoms with Gasteiger partial charge in [-0.2, -0.15) is 0 Å². The summed E-state index contributed by atoms with van der Waals surface area (Å²) in [5.74, 6) is 7.30. The average Bonchev–Trinajstić information content (AvgIpc) is 1.41. The minimum Gasteiger partial charge on any atom is -0.728 e. The first-order chi connectivity index (χ1) is 2.41. The van der Waals surface area contributed by atoms with Crippen LogP contribution < -0.4 is 0 Å². The van der Waals surface area contributed by atoms with Crippen LogP contribution in [0.5, 0.6) is 0 Å². The van der Waals surface area contributed by atoms with Crippen LogP contribution in [0.3, 0.4) is 0 Å². The van der Waals surface area contributed by atoms with Crippen LogP contribution in [-0.4, -0.2) is 0 Å². The maximum Gasteiger partial charge on any atom is 1.00 e. The summed E-state index contributed by atoms with van der Waals surface area (Å²) in [6, 6.07) is 0. The smallest absolute Gasteiger partial charge is 0.728 e. The molecule has 0 rings (SSSR count). The van der Waals surface area contributed by atoms with Crippen LogP contribution in [0.25, 0.3) is 5.84 Å². The number of nitriles is 1. The van der Waals surface area contributed by atoms with E-state index >= 15 is 0 Å². The van der Waals surface area contributed by atoms with Crippen LogP contribution in [-0.2, 0) is 0 Å². The van der Waals surface area contributed by atoms with Gasteiger partial charge in [0.2, 0.25) is 0 Å². The van der Waals surface area contributed by atoms with E-state index in [0.717, 1.165) is 0 Å². The molecule has 5 heavy (non-hydrogen) atoms. The molecule has 0 aliphatic heterocycles. The quantitative estimate of drug-likeness (QED) is 0.237. The maximum absolute atomic E-state index is 7.40. The standard InChI is InChI=1S/CN4/c2-1-4-5-3/q-2/p+2. The topological polar surface area (TPSA) is 70.8 Å². The van der Waals surface area contributed by atoms with Crippen molar-refractivity contribution in [3.05, 3.63) is 5.84 Å². The molecule has 0 spiro atoms. The first kappa shape index (κ1) is 3.89. The molecule has 0 aliphatic rings. The van der Waals surface area contributed by atoms with Gasteiger partial charge in [-0.05, 0) is 6.19 Å². The molecular formula is CH2N4. The van der Waals surface area contributed by atoms with E-state index in [-0.39, 0.29) is 2.85 Å². The van der Waals surface area contributed by atoms with E-state index in [0.29, 0.717) is 0 Å². The third-order valence-electron chi connectivity index (χ3n) is 0.0894. The summed E-state index contributed by atoms with van der Waals surface area (Å²) in [4.78, 5) is 0. The minimum absolute atomic E-state index is 0. The molecule has 0 unspecified atom stereocenters. The van der Waals surface area contributed by atoms with Crippen molar-refractivity contribution < 1.29 is 2.85 Å². The number of hydrogen-bond acceptors (Lipinski definition) is 3. The molecule has 26 valence electrons. The van der Waals surface area contributed by atoms with Crippen molar-refractivity contribution in [2.75, 3.05) is 0 Å². The Kier molecular flexibility index (Phi) is 2.25. The zero-order chi connectivity index (χ0) is 4.12. The van der Waals surface area contributed by atoms with Gasteiger partial charge in [0.25, 0.3) is 0 Å². The van der Waals surface area contributed by atoms with Crippen molar-refractivity contribution in [1.29, 1.82) is 5.26 Å². The highest BCUT2D eigenvalue weighted by Crippen LogP contribution is 1.62. The van der Waals surface area contributed by atoms with E-state index in [4.69, 9.17) is 11.1 Å². The third kappa shape index (κ3) is 2.89. The molecule has 4 nitrogen and oxygen atoms in total. The molecule has 0 amide bonds. The van der Waals surface area contributed by atoms with Gasteiger partial charge in [-0.25, -0.2) is 5.26 Å². The van der Waals surface area contributed by atoms with Crippen molar-refractivity contribution >= 4 is 0 Å². The molecule has 4 heteroatoms. The van der Waals surface area contributed by atoms with Crippen LogP contribution in [0.4, 0.5) is 0 Å². The lowest BCUT2D eigenvalue weighted by Crippen LogP contribution is -1.32. The van der Waals surface area contributed by atoms with Gasteiger partial charge in [0.05, 0.1) is 0 Å². The van der Waals surface area contributed by atoms with E-state index in [9.17, 15) is 0 Å². The maximum atomic E-state index is 7.40. The molecule has 0 aromatic rings. The van der Waals surface area contributed by atoms with Gasteiger partial charge in [0.15, 0.2) is 0 Å². The summed E-state index contributed by atoms with van der Waals surface area (Å²) in [6.45, 7) is 0. The molecular weight excluding hydrogens is 68.0 g/mol. The Balaban J connectivity index is -0.0000000800. The first-order valence-corrected chi connectivity index (χ1v) is 0.847. The third-order valence-corrected chi connectivity index (χ3v) is 0.0894. The van der Waals surface area contributed by atoms with Crippen LogP contribution in [0.1, 0.15) is 2.85 Å². The number of rotatable bonds is 0. The minimum atomic E-state index is 0. The van der Waals surface area contributed by atoms with Crippen molar-refractivity contribution in [2.45, 2.75) is 0 Å². The van der Waals surface area contributed by atoms with Crippen LogP contribution in [0.15, 0.2) is 10.3 Å². The number of hydrogen-bond donors (Lipinski definition) is 0. The molecule has 0 aromatic heterocycles. The predicted octanol–water partition coefficient (Wildman–Crippen LogP) is 0.898. The SMILES string of the molecule is N#CN=N[N-2].[H+].[H+]. The highest BCUT2D eigenvalue weighted by molar-refractivity contribution is 4.57. The van der Waals surface area contributed by atoms with Crippen LogP contribution in [0.2, 0.25) is 0 Å². The molecule has 0 atom stereocenters. The van der Waals surface area contributed by atoms with E-state index < -0.39 is 0 Å². The van der Waals surface area contributed by atoms with Crippen molar-refractivity contribution in [3.8, 4) is 6.19 Å². The van der Waals surface area contributed by atoms with Gasteiger partial charge in [-0.3, -0.25) is 0 Å². The normalized spacial score (nSPS) is 7.80. The first-order valence-electron chi connectivity index (χ1n) is 0.847. The Bertz CT molecular complexity index is 72.2. The van der Waals surface area contributed by atoms with Crippen molar-refractivity contribution in [3.63, 3.8) is 0 Å². The van der Waals surface area contributed by atoms with Crippen molar-refractivity contribution in [1.82, 2.24) is 0 Å². The van der Waals surface area contributed by atoms with Gasteiger partial charge in [-0.1, -0.05) is 0 Å². The van der Waals surface area contributed by atoms with Crippen LogP contribution >= 0.6 is 0 Å². The predicted molar refractivity (Wildman–Crippen MR) is 16.1 cm³/mol. The Labute approximate surface area is 31.9 Å². The Morgan fingerprint density at radius 2 is 2.60 bits per heavy atom. The Morgan fingerprint density at radius 3 is 2.60 bits per heavy atom. The number of nitrogens with zero attached hydrogens (tertiary/aromatic N) is 4. The Morgan fingerprint density at radius 1 is 2.00 bits per heavy atom. The van der Waals surface area contributed by atoms with Gasteiger partial charge in [0.1, 0.15) is 0 Å². The van der Waals surface area contributed by atoms with E-state index in [1.54, 1.807) is 0 Å². The largest absolute Gasteiger partial charge is 1.00 e. The fourth-order valence-corrected chi connectivity index (χ4v) is 0.0200. The molecule has 0 saturated heterocycles. The fraction of sp³-hybridized carbons (Fsp3) is 0. The lowest BCUT2D eigenvalue weighted by atomic mass is 11.5. The van der Waals surface area contributed by atoms with Crippen molar-refractivity contribution in [2.24, 2.45) is 10.3 Å². The second-order valence-electron chi connectivity index (χ2n) is 0.289. The molecule has 0 bridgehead atoms.